The van der Waals surface area contributed by atoms with Gasteiger partial charge in [-0.25, -0.2) is 0 Å². The Morgan fingerprint density at radius 3 is 2.00 bits per heavy atom. The maximum Gasteiger partial charge on any atom is 0.306 e. The lowest BCUT2D eigenvalue weighted by molar-refractivity contribution is -0.150. The molecule has 0 amide bonds. The molecule has 0 bridgehead atoms. The highest BCUT2D eigenvalue weighted by molar-refractivity contribution is 5.72. The highest BCUT2D eigenvalue weighted by Crippen LogP contribution is 2.08. The Balaban J connectivity index is 3.74. The lowest BCUT2D eigenvalue weighted by atomic mass is 10.1. The zero-order valence-electron chi connectivity index (χ0n) is 11.8. The van der Waals surface area contributed by atoms with Gasteiger partial charge in [-0.3, -0.25) is 9.59 Å². The monoisotopic (exact) mass is 256 g/mol. The molecule has 0 heterocycles. The summed E-state index contributed by atoms with van der Waals surface area (Å²) in [6.45, 7) is 11.1. The van der Waals surface area contributed by atoms with Crippen molar-refractivity contribution in [3.8, 4) is 0 Å². The smallest absolute Gasteiger partial charge is 0.306 e. The molecule has 0 aromatic heterocycles. The van der Waals surface area contributed by atoms with Gasteiger partial charge in [-0.15, -0.1) is 0 Å². The second-order valence-corrected chi connectivity index (χ2v) is 4.72. The maximum absolute atomic E-state index is 11.4. The van der Waals surface area contributed by atoms with Crippen LogP contribution in [0, 0.1) is 5.92 Å². The standard InChI is InChI=1S/C14H24O4/c1-6-11(4)17-13(15)8-7-9-14(16)18-12(5)10(2)3/h6,10-12H,1,7-9H2,2-5H3. The molecule has 0 fully saturated rings. The van der Waals surface area contributed by atoms with Gasteiger partial charge in [0, 0.05) is 12.8 Å². The van der Waals surface area contributed by atoms with Crippen LogP contribution in [0.1, 0.15) is 47.0 Å². The minimum absolute atomic E-state index is 0.0924. The molecule has 0 saturated heterocycles. The van der Waals surface area contributed by atoms with Gasteiger partial charge in [-0.05, 0) is 26.2 Å². The molecule has 4 heteroatoms. The maximum atomic E-state index is 11.4. The predicted octanol–water partition coefficient (Wildman–Crippen LogP) is 2.86. The van der Waals surface area contributed by atoms with Gasteiger partial charge in [0.25, 0.3) is 0 Å². The summed E-state index contributed by atoms with van der Waals surface area (Å²) >= 11 is 0. The molecule has 2 atom stereocenters. The van der Waals surface area contributed by atoms with Gasteiger partial charge in [-0.2, -0.15) is 0 Å². The highest BCUT2D eigenvalue weighted by atomic mass is 16.5. The van der Waals surface area contributed by atoms with Crippen LogP contribution in [0.4, 0.5) is 0 Å². The third-order valence-electron chi connectivity index (χ3n) is 2.67. The van der Waals surface area contributed by atoms with Crippen molar-refractivity contribution in [3.05, 3.63) is 12.7 Å². The molecule has 0 aliphatic carbocycles. The first-order valence-electron chi connectivity index (χ1n) is 6.38. The fourth-order valence-electron chi connectivity index (χ4n) is 1.09. The quantitative estimate of drug-likeness (QED) is 0.495. The molecular weight excluding hydrogens is 232 g/mol. The second-order valence-electron chi connectivity index (χ2n) is 4.72. The largest absolute Gasteiger partial charge is 0.462 e. The molecule has 0 aromatic carbocycles. The van der Waals surface area contributed by atoms with E-state index in [1.165, 1.54) is 0 Å². The summed E-state index contributed by atoms with van der Waals surface area (Å²) in [4.78, 5) is 22.7. The number of esters is 2. The minimum atomic E-state index is -0.313. The van der Waals surface area contributed by atoms with Crippen LogP contribution < -0.4 is 0 Å². The molecule has 0 radical (unpaired) electrons. The lowest BCUT2D eigenvalue weighted by Crippen LogP contribution is -2.20. The molecule has 0 aliphatic heterocycles. The first-order chi connectivity index (χ1) is 8.36. The van der Waals surface area contributed by atoms with Gasteiger partial charge in [-0.1, -0.05) is 26.5 Å². The highest BCUT2D eigenvalue weighted by Gasteiger charge is 2.13. The average Bonchev–Trinajstić information content (AvgIpc) is 2.28. The normalized spacial score (nSPS) is 13.8. The van der Waals surface area contributed by atoms with E-state index in [4.69, 9.17) is 9.47 Å². The second kappa shape index (κ2) is 8.72. The van der Waals surface area contributed by atoms with E-state index in [1.54, 1.807) is 13.0 Å². The van der Waals surface area contributed by atoms with Crippen molar-refractivity contribution in [2.45, 2.75) is 59.2 Å². The number of hydrogen-bond acceptors (Lipinski definition) is 4. The summed E-state index contributed by atoms with van der Waals surface area (Å²) < 4.78 is 10.2. The summed E-state index contributed by atoms with van der Waals surface area (Å²) in [6.07, 6.45) is 2.09. The van der Waals surface area contributed by atoms with Crippen molar-refractivity contribution in [1.82, 2.24) is 0 Å². The molecule has 0 N–H and O–H groups in total. The number of ether oxygens (including phenoxy) is 2. The van der Waals surface area contributed by atoms with Crippen molar-refractivity contribution >= 4 is 11.9 Å². The van der Waals surface area contributed by atoms with Gasteiger partial charge in [0.15, 0.2) is 0 Å². The molecule has 0 aromatic rings. The third kappa shape index (κ3) is 7.87. The van der Waals surface area contributed by atoms with E-state index in [-0.39, 0.29) is 37.0 Å². The number of hydrogen-bond donors (Lipinski definition) is 0. The summed E-state index contributed by atoms with van der Waals surface area (Å²) in [7, 11) is 0. The predicted molar refractivity (Wildman–Crippen MR) is 70.0 cm³/mol. The SMILES string of the molecule is C=CC(C)OC(=O)CCCC(=O)OC(C)C(C)C. The Kier molecular flexibility index (Phi) is 8.08. The lowest BCUT2D eigenvalue weighted by Gasteiger charge is -2.16. The summed E-state index contributed by atoms with van der Waals surface area (Å²) in [5.41, 5.74) is 0. The molecule has 2 unspecified atom stereocenters. The molecule has 18 heavy (non-hydrogen) atoms. The Hall–Kier alpha value is -1.32. The van der Waals surface area contributed by atoms with Crippen LogP contribution in [0.25, 0.3) is 0 Å². The van der Waals surface area contributed by atoms with E-state index < -0.39 is 0 Å². The molecule has 0 spiro atoms. The first kappa shape index (κ1) is 16.7. The van der Waals surface area contributed by atoms with Gasteiger partial charge >= 0.3 is 11.9 Å². The third-order valence-corrected chi connectivity index (χ3v) is 2.67. The van der Waals surface area contributed by atoms with Gasteiger partial charge in [0.1, 0.15) is 12.2 Å². The van der Waals surface area contributed by atoms with Crippen LogP contribution in [0.3, 0.4) is 0 Å². The fourth-order valence-corrected chi connectivity index (χ4v) is 1.09. The minimum Gasteiger partial charge on any atom is -0.462 e. The van der Waals surface area contributed by atoms with Gasteiger partial charge in [0.05, 0.1) is 0 Å². The first-order valence-corrected chi connectivity index (χ1v) is 6.38. The molecule has 0 rings (SSSR count). The molecule has 0 saturated carbocycles. The van der Waals surface area contributed by atoms with Gasteiger partial charge < -0.3 is 9.47 Å². The van der Waals surface area contributed by atoms with Gasteiger partial charge in [0.2, 0.25) is 0 Å². The Labute approximate surface area is 109 Å². The zero-order valence-corrected chi connectivity index (χ0v) is 11.8. The summed E-state index contributed by atoms with van der Waals surface area (Å²) in [6, 6.07) is 0. The van der Waals surface area contributed by atoms with E-state index >= 15 is 0 Å². The van der Waals surface area contributed by atoms with Crippen LogP contribution in [-0.4, -0.2) is 24.1 Å². The van der Waals surface area contributed by atoms with Crippen molar-refractivity contribution in [1.29, 1.82) is 0 Å². The topological polar surface area (TPSA) is 52.6 Å². The molecule has 4 nitrogen and oxygen atoms in total. The van der Waals surface area contributed by atoms with Crippen LogP contribution >= 0.6 is 0 Å². The Bertz CT molecular complexity index is 284. The summed E-state index contributed by atoms with van der Waals surface area (Å²) in [5, 5.41) is 0. The van der Waals surface area contributed by atoms with Crippen molar-refractivity contribution < 1.29 is 19.1 Å². The van der Waals surface area contributed by atoms with E-state index in [1.807, 2.05) is 20.8 Å². The van der Waals surface area contributed by atoms with E-state index in [9.17, 15) is 9.59 Å². The zero-order chi connectivity index (χ0) is 14.1. The van der Waals surface area contributed by atoms with Crippen molar-refractivity contribution in [2.75, 3.05) is 0 Å². The molecule has 0 aliphatic rings. The van der Waals surface area contributed by atoms with Crippen LogP contribution in [0.5, 0.6) is 0 Å². The van der Waals surface area contributed by atoms with E-state index in [2.05, 4.69) is 6.58 Å². The van der Waals surface area contributed by atoms with Crippen molar-refractivity contribution in [2.24, 2.45) is 5.92 Å². The van der Waals surface area contributed by atoms with Crippen LogP contribution in [0.15, 0.2) is 12.7 Å². The van der Waals surface area contributed by atoms with Crippen LogP contribution in [-0.2, 0) is 19.1 Å². The Morgan fingerprint density at radius 2 is 1.56 bits per heavy atom. The fraction of sp³-hybridized carbons (Fsp3) is 0.714. The average molecular weight is 256 g/mol. The molecular formula is C14H24O4. The van der Waals surface area contributed by atoms with Crippen molar-refractivity contribution in [3.63, 3.8) is 0 Å². The number of carbonyl (C=O) groups is 2. The van der Waals surface area contributed by atoms with E-state index in [0.29, 0.717) is 12.3 Å². The Morgan fingerprint density at radius 1 is 1.06 bits per heavy atom. The van der Waals surface area contributed by atoms with E-state index in [0.717, 1.165) is 0 Å². The summed E-state index contributed by atoms with van der Waals surface area (Å²) in [5.74, 6) is -0.278. The number of carbonyl (C=O) groups excluding carboxylic acids is 2. The number of rotatable bonds is 8. The molecule has 104 valence electrons. The van der Waals surface area contributed by atoms with Crippen LogP contribution in [0.2, 0.25) is 0 Å².